The zero-order chi connectivity index (χ0) is 13.8. The average molecular weight is 288 g/mol. The summed E-state index contributed by atoms with van der Waals surface area (Å²) in [4.78, 5) is 15.8. The number of carbonyl (C=O) groups is 1. The largest absolute Gasteiger partial charge is 0.431 e. The van der Waals surface area contributed by atoms with Gasteiger partial charge in [-0.15, -0.1) is 0 Å². The molecule has 0 spiro atoms. The molecule has 1 saturated carbocycles. The average Bonchev–Trinajstić information content (AvgIpc) is 2.89. The molecule has 0 saturated heterocycles. The normalized spacial score (nSPS) is 14.6. The third kappa shape index (κ3) is 3.17. The van der Waals surface area contributed by atoms with E-state index in [4.69, 9.17) is 4.74 Å². The van der Waals surface area contributed by atoms with Gasteiger partial charge in [-0.2, -0.15) is 0 Å². The quantitative estimate of drug-likeness (QED) is 0.918. The number of amides is 1. The minimum atomic E-state index is 0.180. The molecule has 0 bridgehead atoms. The Morgan fingerprint density at radius 1 is 1.35 bits per heavy atom. The van der Waals surface area contributed by atoms with E-state index in [1.165, 1.54) is 17.8 Å². The molecule has 1 fully saturated rings. The molecule has 0 unspecified atom stereocenters. The van der Waals surface area contributed by atoms with Crippen molar-refractivity contribution in [2.45, 2.75) is 25.8 Å². The third-order valence-corrected chi connectivity index (χ3v) is 4.13. The highest BCUT2D eigenvalue weighted by Crippen LogP contribution is 2.26. The van der Waals surface area contributed by atoms with Crippen LogP contribution < -0.4 is 10.1 Å². The molecular weight excluding hydrogens is 272 g/mol. The second-order valence-corrected chi connectivity index (χ2v) is 5.75. The van der Waals surface area contributed by atoms with Crippen LogP contribution >= 0.6 is 11.3 Å². The summed E-state index contributed by atoms with van der Waals surface area (Å²) in [5.41, 5.74) is 1.07. The minimum Gasteiger partial charge on any atom is -0.431 e. The fraction of sp³-hybridized carbons (Fsp3) is 0.333. The number of carbonyl (C=O) groups excluding carboxylic acids is 1. The molecule has 20 heavy (non-hydrogen) atoms. The first-order valence-electron chi connectivity index (χ1n) is 6.75. The summed E-state index contributed by atoms with van der Waals surface area (Å²) in [6.45, 7) is 0.576. The van der Waals surface area contributed by atoms with Gasteiger partial charge in [0.2, 0.25) is 5.91 Å². The van der Waals surface area contributed by atoms with Crippen LogP contribution in [0.25, 0.3) is 0 Å². The Kier molecular flexibility index (Phi) is 3.97. The van der Waals surface area contributed by atoms with E-state index in [2.05, 4.69) is 10.3 Å². The molecule has 2 aromatic rings. The molecule has 4 nitrogen and oxygen atoms in total. The molecule has 5 heteroatoms. The number of benzene rings is 1. The maximum atomic E-state index is 11.7. The van der Waals surface area contributed by atoms with Gasteiger partial charge in [0.25, 0.3) is 5.19 Å². The fourth-order valence-electron chi connectivity index (χ4n) is 2.04. The van der Waals surface area contributed by atoms with Gasteiger partial charge in [-0.1, -0.05) is 29.9 Å². The lowest BCUT2D eigenvalue weighted by Crippen LogP contribution is -2.33. The molecule has 1 amide bonds. The molecule has 0 aliphatic heterocycles. The number of hydrogen-bond donors (Lipinski definition) is 1. The Balaban J connectivity index is 1.52. The Labute approximate surface area is 121 Å². The predicted octanol–water partition coefficient (Wildman–Crippen LogP) is 3.35. The van der Waals surface area contributed by atoms with Crippen molar-refractivity contribution in [3.8, 4) is 10.9 Å². The summed E-state index contributed by atoms with van der Waals surface area (Å²) in [6.07, 6.45) is 4.96. The van der Waals surface area contributed by atoms with E-state index in [9.17, 15) is 4.79 Å². The van der Waals surface area contributed by atoms with Crippen LogP contribution in [0.5, 0.6) is 10.9 Å². The summed E-state index contributed by atoms with van der Waals surface area (Å²) in [7, 11) is 0. The number of thiazole rings is 1. The van der Waals surface area contributed by atoms with Gasteiger partial charge in [0, 0.05) is 24.0 Å². The Hall–Kier alpha value is -1.88. The highest BCUT2D eigenvalue weighted by atomic mass is 32.1. The van der Waals surface area contributed by atoms with E-state index in [-0.39, 0.29) is 11.8 Å². The number of aromatic nitrogens is 1. The lowest BCUT2D eigenvalue weighted by Gasteiger charge is -2.24. The van der Waals surface area contributed by atoms with Crippen LogP contribution in [0.3, 0.4) is 0 Å². The second kappa shape index (κ2) is 6.05. The van der Waals surface area contributed by atoms with Crippen molar-refractivity contribution in [2.75, 3.05) is 0 Å². The molecule has 104 valence electrons. The second-order valence-electron chi connectivity index (χ2n) is 4.89. The number of nitrogens with one attached hydrogen (secondary N) is 1. The summed E-state index contributed by atoms with van der Waals surface area (Å²) in [5, 5.41) is 5.49. The molecule has 1 heterocycles. The minimum absolute atomic E-state index is 0.180. The molecule has 1 aromatic carbocycles. The third-order valence-electron chi connectivity index (χ3n) is 3.48. The van der Waals surface area contributed by atoms with Crippen LogP contribution in [0.4, 0.5) is 0 Å². The van der Waals surface area contributed by atoms with Crippen LogP contribution in [0.15, 0.2) is 35.8 Å². The highest BCUT2D eigenvalue weighted by molar-refractivity contribution is 7.11. The van der Waals surface area contributed by atoms with Crippen molar-refractivity contribution in [1.82, 2.24) is 10.3 Å². The topological polar surface area (TPSA) is 51.2 Å². The summed E-state index contributed by atoms with van der Waals surface area (Å²) >= 11 is 1.46. The maximum Gasteiger partial charge on any atom is 0.278 e. The smallest absolute Gasteiger partial charge is 0.278 e. The SMILES string of the molecule is O=C(NCc1ccc(Oc2nccs2)cc1)C1CCC1. The van der Waals surface area contributed by atoms with Gasteiger partial charge in [0.05, 0.1) is 0 Å². The van der Waals surface area contributed by atoms with Gasteiger partial charge in [0.15, 0.2) is 0 Å². The van der Waals surface area contributed by atoms with Gasteiger partial charge in [-0.25, -0.2) is 4.98 Å². The molecule has 3 rings (SSSR count). The Bertz CT molecular complexity index is 562. The molecule has 0 radical (unpaired) electrons. The van der Waals surface area contributed by atoms with Gasteiger partial charge >= 0.3 is 0 Å². The van der Waals surface area contributed by atoms with Crippen molar-refractivity contribution < 1.29 is 9.53 Å². The van der Waals surface area contributed by atoms with Gasteiger partial charge < -0.3 is 10.1 Å². The van der Waals surface area contributed by atoms with E-state index in [0.29, 0.717) is 11.7 Å². The molecular formula is C15H16N2O2S. The van der Waals surface area contributed by atoms with Gasteiger partial charge in [0.1, 0.15) is 5.75 Å². The molecule has 1 N–H and O–H groups in total. The first kappa shape index (κ1) is 13.1. The van der Waals surface area contributed by atoms with Crippen LogP contribution in [0.1, 0.15) is 24.8 Å². The van der Waals surface area contributed by atoms with Crippen molar-refractivity contribution in [3.05, 3.63) is 41.4 Å². The zero-order valence-electron chi connectivity index (χ0n) is 11.0. The lowest BCUT2D eigenvalue weighted by molar-refractivity contribution is -0.127. The summed E-state index contributed by atoms with van der Waals surface area (Å²) in [5.74, 6) is 1.18. The van der Waals surface area contributed by atoms with Crippen molar-refractivity contribution in [1.29, 1.82) is 0 Å². The number of nitrogens with zero attached hydrogens (tertiary/aromatic N) is 1. The molecule has 1 aliphatic carbocycles. The van der Waals surface area contributed by atoms with Crippen LogP contribution in [0, 0.1) is 5.92 Å². The first-order valence-corrected chi connectivity index (χ1v) is 7.63. The van der Waals surface area contributed by atoms with Crippen molar-refractivity contribution in [2.24, 2.45) is 5.92 Å². The summed E-state index contributed by atoms with van der Waals surface area (Å²) in [6, 6.07) is 7.71. The van der Waals surface area contributed by atoms with Crippen molar-refractivity contribution in [3.63, 3.8) is 0 Å². The number of rotatable bonds is 5. The Morgan fingerprint density at radius 2 is 2.15 bits per heavy atom. The van der Waals surface area contributed by atoms with Crippen LogP contribution in [0.2, 0.25) is 0 Å². The lowest BCUT2D eigenvalue weighted by atomic mass is 9.85. The highest BCUT2D eigenvalue weighted by Gasteiger charge is 2.24. The van der Waals surface area contributed by atoms with Crippen molar-refractivity contribution >= 4 is 17.2 Å². The first-order chi connectivity index (χ1) is 9.81. The standard InChI is InChI=1S/C15H16N2O2S/c18-14(12-2-1-3-12)17-10-11-4-6-13(7-5-11)19-15-16-8-9-20-15/h4-9,12H,1-3,10H2,(H,17,18). The molecule has 1 aromatic heterocycles. The van der Waals surface area contributed by atoms with E-state index in [1.54, 1.807) is 6.20 Å². The van der Waals surface area contributed by atoms with Crippen LogP contribution in [-0.4, -0.2) is 10.9 Å². The predicted molar refractivity (Wildman–Crippen MR) is 77.8 cm³/mol. The monoisotopic (exact) mass is 288 g/mol. The van der Waals surface area contributed by atoms with E-state index in [1.807, 2.05) is 29.6 Å². The molecule has 1 aliphatic rings. The van der Waals surface area contributed by atoms with E-state index < -0.39 is 0 Å². The van der Waals surface area contributed by atoms with E-state index >= 15 is 0 Å². The van der Waals surface area contributed by atoms with Gasteiger partial charge in [-0.3, -0.25) is 4.79 Å². The molecule has 0 atom stereocenters. The fourth-order valence-corrected chi connectivity index (χ4v) is 2.55. The van der Waals surface area contributed by atoms with E-state index in [0.717, 1.165) is 24.2 Å². The van der Waals surface area contributed by atoms with Crippen LogP contribution in [-0.2, 0) is 11.3 Å². The number of ether oxygens (including phenoxy) is 1. The van der Waals surface area contributed by atoms with Gasteiger partial charge in [-0.05, 0) is 30.5 Å². The maximum absolute atomic E-state index is 11.7. The summed E-state index contributed by atoms with van der Waals surface area (Å²) < 4.78 is 5.58. The Morgan fingerprint density at radius 3 is 2.75 bits per heavy atom. The zero-order valence-corrected chi connectivity index (χ0v) is 11.9. The number of hydrogen-bond acceptors (Lipinski definition) is 4.